The highest BCUT2D eigenvalue weighted by molar-refractivity contribution is 7.09. The first-order valence-electron chi connectivity index (χ1n) is 15.2. The first-order valence-corrected chi connectivity index (χ1v) is 16.4. The summed E-state index contributed by atoms with van der Waals surface area (Å²) in [6.45, 7) is 7.96. The van der Waals surface area contributed by atoms with Crippen molar-refractivity contribution in [2.24, 2.45) is 0 Å². The summed E-state index contributed by atoms with van der Waals surface area (Å²) in [5, 5.41) is 0.614. The van der Waals surface area contributed by atoms with Crippen molar-refractivity contribution in [1.82, 2.24) is 0 Å². The lowest BCUT2D eigenvalue weighted by Crippen LogP contribution is -2.31. The number of carbonyl (C=O) groups excluding carboxylic acids is 1. The fourth-order valence-corrected chi connectivity index (χ4v) is 5.77. The van der Waals surface area contributed by atoms with Gasteiger partial charge in [-0.15, -0.1) is 0 Å². The molecule has 0 atom stereocenters. The maximum atomic E-state index is 12.6. The summed E-state index contributed by atoms with van der Waals surface area (Å²) in [6, 6.07) is 14.1. The maximum absolute atomic E-state index is 12.6. The van der Waals surface area contributed by atoms with E-state index in [0.717, 1.165) is 24.2 Å². The Labute approximate surface area is 251 Å². The average Bonchev–Trinajstić information content (AvgIpc) is 3.36. The van der Waals surface area contributed by atoms with Crippen molar-refractivity contribution in [3.05, 3.63) is 75.2 Å². The van der Waals surface area contributed by atoms with Crippen molar-refractivity contribution in [1.29, 1.82) is 0 Å². The fourth-order valence-electron chi connectivity index (χ4n) is 4.97. The molecule has 1 heterocycles. The quantitative estimate of drug-likeness (QED) is 0.104. The highest BCUT2D eigenvalue weighted by Crippen LogP contribution is 2.28. The monoisotopic (exact) mass is 583 g/mol. The van der Waals surface area contributed by atoms with E-state index < -0.39 is 0 Å². The molecular formula is C34H48ClN2O2S+. The van der Waals surface area contributed by atoms with E-state index in [-0.39, 0.29) is 5.91 Å². The van der Waals surface area contributed by atoms with Gasteiger partial charge in [0.15, 0.2) is 12.7 Å². The fraction of sp³-hybridized carbons (Fsp3) is 0.529. The van der Waals surface area contributed by atoms with Gasteiger partial charge in [0, 0.05) is 18.2 Å². The second-order valence-corrected chi connectivity index (χ2v) is 12.4. The molecule has 4 nitrogen and oxygen atoms in total. The van der Waals surface area contributed by atoms with E-state index in [4.69, 9.17) is 16.3 Å². The van der Waals surface area contributed by atoms with Gasteiger partial charge in [-0.2, -0.15) is 4.57 Å². The number of hydrogen-bond acceptors (Lipinski definition) is 3. The number of aromatic nitrogens is 1. The number of thiazole rings is 1. The van der Waals surface area contributed by atoms with Crippen molar-refractivity contribution >= 4 is 34.5 Å². The van der Waals surface area contributed by atoms with Gasteiger partial charge in [0.25, 0.3) is 0 Å². The van der Waals surface area contributed by atoms with E-state index in [0.29, 0.717) is 23.9 Å². The Morgan fingerprint density at radius 2 is 1.48 bits per heavy atom. The van der Waals surface area contributed by atoms with Gasteiger partial charge < -0.3 is 9.64 Å². The molecule has 0 fully saturated rings. The molecule has 0 saturated carbocycles. The predicted molar refractivity (Wildman–Crippen MR) is 170 cm³/mol. The van der Waals surface area contributed by atoms with Gasteiger partial charge in [0.2, 0.25) is 11.4 Å². The van der Waals surface area contributed by atoms with Crippen molar-refractivity contribution in [2.75, 3.05) is 11.5 Å². The lowest BCUT2D eigenvalue weighted by molar-refractivity contribution is -0.683. The van der Waals surface area contributed by atoms with Crippen LogP contribution in [0.4, 0.5) is 5.69 Å². The average molecular weight is 584 g/mol. The summed E-state index contributed by atoms with van der Waals surface area (Å²) in [7, 11) is 0. The zero-order valence-electron chi connectivity index (χ0n) is 24.8. The highest BCUT2D eigenvalue weighted by atomic mass is 35.5. The number of ether oxygens (including phenoxy) is 1. The molecule has 3 aromatic rings. The van der Waals surface area contributed by atoms with Crippen LogP contribution in [-0.4, -0.2) is 12.5 Å². The van der Waals surface area contributed by atoms with Crippen LogP contribution in [0, 0.1) is 6.92 Å². The van der Waals surface area contributed by atoms with Crippen LogP contribution in [0.5, 0.6) is 5.75 Å². The minimum atomic E-state index is 0.00416. The number of hydrogen-bond donors (Lipinski definition) is 0. The summed E-state index contributed by atoms with van der Waals surface area (Å²) >= 11 is 8.18. The van der Waals surface area contributed by atoms with Gasteiger partial charge in [-0.3, -0.25) is 4.79 Å². The Bertz CT molecular complexity index is 1150. The SMILES string of the molecule is CCCCCCCCCCCCCCOc1cc(CN(C(C)=O)c2ccc(C[n+]3csc(C)c3)cc2)ccc1Cl. The summed E-state index contributed by atoms with van der Waals surface area (Å²) in [5.74, 6) is 0.702. The zero-order chi connectivity index (χ0) is 28.6. The number of unbranched alkanes of at least 4 members (excludes halogenated alkanes) is 11. The van der Waals surface area contributed by atoms with Crippen LogP contribution in [0.25, 0.3) is 0 Å². The predicted octanol–water partition coefficient (Wildman–Crippen LogP) is 9.68. The van der Waals surface area contributed by atoms with E-state index in [1.165, 1.54) is 81.1 Å². The molecule has 0 aliphatic carbocycles. The largest absolute Gasteiger partial charge is 0.492 e. The van der Waals surface area contributed by atoms with Crippen LogP contribution in [0.1, 0.15) is 107 Å². The van der Waals surface area contributed by atoms with Crippen LogP contribution in [0.15, 0.2) is 54.2 Å². The van der Waals surface area contributed by atoms with Gasteiger partial charge >= 0.3 is 0 Å². The standard InChI is InChI=1S/C34H48ClN2O2S/c1-4-5-6-7-8-9-10-11-12-13-14-15-22-39-34-23-31(18-21-33(34)35)26-37(29(3)38)32-19-16-30(17-20-32)25-36-24-28(2)40-27-36/h16-21,23-24,27H,4-15,22,25-26H2,1-3H3/q+1. The third kappa shape index (κ3) is 11.6. The molecule has 2 aromatic carbocycles. The van der Waals surface area contributed by atoms with Gasteiger partial charge in [0.1, 0.15) is 5.75 Å². The molecule has 3 rings (SSSR count). The van der Waals surface area contributed by atoms with Gasteiger partial charge in [-0.25, -0.2) is 0 Å². The van der Waals surface area contributed by atoms with Gasteiger partial charge in [-0.05, 0) is 43.2 Å². The van der Waals surface area contributed by atoms with Gasteiger partial charge in [0.05, 0.1) is 23.1 Å². The lowest BCUT2D eigenvalue weighted by Gasteiger charge is -2.22. The van der Waals surface area contributed by atoms with Crippen LogP contribution in [0.2, 0.25) is 5.02 Å². The summed E-state index contributed by atoms with van der Waals surface area (Å²) < 4.78 is 8.24. The molecule has 0 unspecified atom stereocenters. The Hall–Kier alpha value is -2.37. The molecule has 0 aliphatic heterocycles. The third-order valence-electron chi connectivity index (χ3n) is 7.31. The Morgan fingerprint density at radius 3 is 2.05 bits per heavy atom. The number of benzene rings is 2. The van der Waals surface area contributed by atoms with Crippen molar-refractivity contribution in [2.45, 2.75) is 111 Å². The van der Waals surface area contributed by atoms with E-state index in [9.17, 15) is 4.79 Å². The number of nitrogens with zero attached hydrogens (tertiary/aromatic N) is 2. The minimum absolute atomic E-state index is 0.00416. The first-order chi connectivity index (χ1) is 19.5. The molecule has 218 valence electrons. The van der Waals surface area contributed by atoms with Crippen LogP contribution in [0.3, 0.4) is 0 Å². The number of aryl methyl sites for hydroxylation is 1. The molecule has 6 heteroatoms. The minimum Gasteiger partial charge on any atom is -0.492 e. The van der Waals surface area contributed by atoms with Crippen molar-refractivity contribution < 1.29 is 14.1 Å². The summed E-state index contributed by atoms with van der Waals surface area (Å²) in [5.41, 5.74) is 5.22. The maximum Gasteiger partial charge on any atom is 0.225 e. The topological polar surface area (TPSA) is 33.4 Å². The number of amides is 1. The molecule has 40 heavy (non-hydrogen) atoms. The van der Waals surface area contributed by atoms with Crippen LogP contribution >= 0.6 is 22.9 Å². The third-order valence-corrected chi connectivity index (χ3v) is 8.47. The van der Waals surface area contributed by atoms with Crippen molar-refractivity contribution in [3.63, 3.8) is 0 Å². The zero-order valence-corrected chi connectivity index (χ0v) is 26.4. The molecule has 0 saturated heterocycles. The number of anilines is 1. The van der Waals surface area contributed by atoms with E-state index in [1.807, 2.05) is 30.3 Å². The Balaban J connectivity index is 1.41. The molecule has 0 radical (unpaired) electrons. The van der Waals surface area contributed by atoms with E-state index >= 15 is 0 Å². The number of halogens is 1. The molecule has 1 aromatic heterocycles. The smallest absolute Gasteiger partial charge is 0.225 e. The Morgan fingerprint density at radius 1 is 0.875 bits per heavy atom. The highest BCUT2D eigenvalue weighted by Gasteiger charge is 2.15. The van der Waals surface area contributed by atoms with Crippen molar-refractivity contribution in [3.8, 4) is 5.75 Å². The second-order valence-electron chi connectivity index (χ2n) is 10.9. The van der Waals surface area contributed by atoms with E-state index in [1.54, 1.807) is 23.2 Å². The Kier molecular flexibility index (Phi) is 14.6. The number of rotatable bonds is 19. The van der Waals surface area contributed by atoms with Crippen LogP contribution < -0.4 is 14.2 Å². The summed E-state index contributed by atoms with van der Waals surface area (Å²) in [6.07, 6.45) is 18.0. The molecule has 0 bridgehead atoms. The summed E-state index contributed by atoms with van der Waals surface area (Å²) in [4.78, 5) is 15.6. The molecular weight excluding hydrogens is 536 g/mol. The first kappa shape index (κ1) is 32.1. The molecule has 0 aliphatic rings. The number of carbonyl (C=O) groups is 1. The molecule has 0 N–H and O–H groups in total. The molecule has 1 amide bonds. The van der Waals surface area contributed by atoms with Gasteiger partial charge in [-0.1, -0.05) is 119 Å². The normalized spacial score (nSPS) is 11.1. The van der Waals surface area contributed by atoms with E-state index in [2.05, 4.69) is 42.3 Å². The second kappa shape index (κ2) is 18.1. The molecule has 0 spiro atoms. The van der Waals surface area contributed by atoms with Crippen LogP contribution in [-0.2, 0) is 17.9 Å². The lowest BCUT2D eigenvalue weighted by atomic mass is 10.1.